The molecule has 0 saturated carbocycles. The van der Waals surface area contributed by atoms with Gasteiger partial charge in [-0.3, -0.25) is 4.31 Å². The van der Waals surface area contributed by atoms with Gasteiger partial charge in [-0.05, 0) is 18.6 Å². The number of nitrogens with zero attached hydrogens (tertiary/aromatic N) is 1. The zero-order chi connectivity index (χ0) is 13.3. The highest BCUT2D eigenvalue weighted by molar-refractivity contribution is 7.86. The zero-order valence-corrected chi connectivity index (χ0v) is 11.9. The molecule has 1 aliphatic heterocycles. The first-order chi connectivity index (χ1) is 8.54. The maximum atomic E-state index is 11.8. The Morgan fingerprint density at radius 1 is 1.39 bits per heavy atom. The van der Waals surface area contributed by atoms with Gasteiger partial charge >= 0.3 is 5.97 Å². The molecule has 0 aliphatic carbocycles. The van der Waals surface area contributed by atoms with Crippen LogP contribution in [0.5, 0.6) is 0 Å². The van der Waals surface area contributed by atoms with Crippen LogP contribution in [0.2, 0.25) is 10.0 Å². The van der Waals surface area contributed by atoms with E-state index < -0.39 is 17.0 Å². The number of esters is 1. The highest BCUT2D eigenvalue weighted by Gasteiger charge is 2.25. The Kier molecular flexibility index (Phi) is 4.14. The van der Waals surface area contributed by atoms with Crippen LogP contribution in [0.25, 0.3) is 0 Å². The smallest absolute Gasteiger partial charge is 0.339 e. The Bertz CT molecular complexity index is 521. The third-order valence-corrected chi connectivity index (χ3v) is 4.76. The number of benzene rings is 1. The lowest BCUT2D eigenvalue weighted by atomic mass is 10.2. The van der Waals surface area contributed by atoms with Crippen molar-refractivity contribution in [3.05, 3.63) is 27.7 Å². The number of carbonyl (C=O) groups excluding carboxylic acids is 1. The molecule has 0 N–H and O–H groups in total. The molecule has 18 heavy (non-hydrogen) atoms. The minimum atomic E-state index is -1.10. The highest BCUT2D eigenvalue weighted by atomic mass is 35.5. The van der Waals surface area contributed by atoms with Crippen LogP contribution in [0, 0.1) is 0 Å². The molecule has 0 bridgehead atoms. The summed E-state index contributed by atoms with van der Waals surface area (Å²) in [5.74, 6) is 0.0647. The zero-order valence-electron chi connectivity index (χ0n) is 9.61. The number of anilines is 1. The number of rotatable bonds is 2. The molecule has 1 aromatic carbocycles. The fraction of sp³-hybridized carbons (Fsp3) is 0.364. The second-order valence-electron chi connectivity index (χ2n) is 3.76. The molecule has 1 unspecified atom stereocenters. The van der Waals surface area contributed by atoms with Crippen molar-refractivity contribution in [3.63, 3.8) is 0 Å². The molecule has 0 amide bonds. The monoisotopic (exact) mass is 307 g/mol. The summed E-state index contributed by atoms with van der Waals surface area (Å²) in [4.78, 5) is 11.6. The van der Waals surface area contributed by atoms with Crippen LogP contribution in [-0.2, 0) is 15.7 Å². The molecule has 1 aliphatic rings. The molecule has 4 nitrogen and oxygen atoms in total. The number of halogens is 2. The summed E-state index contributed by atoms with van der Waals surface area (Å²) >= 11 is 12.0. The van der Waals surface area contributed by atoms with Gasteiger partial charge in [0.05, 0.1) is 28.4 Å². The molecule has 1 aromatic rings. The lowest BCUT2D eigenvalue weighted by Crippen LogP contribution is -2.20. The van der Waals surface area contributed by atoms with Crippen molar-refractivity contribution in [3.8, 4) is 0 Å². The second kappa shape index (κ2) is 5.47. The van der Waals surface area contributed by atoms with Gasteiger partial charge in [-0.15, -0.1) is 0 Å². The Hall–Kier alpha value is -0.780. The molecule has 1 heterocycles. The highest BCUT2D eigenvalue weighted by Crippen LogP contribution is 2.34. The molecule has 1 atom stereocenters. The van der Waals surface area contributed by atoms with E-state index in [1.165, 1.54) is 19.2 Å². The molecular weight excluding hydrogens is 297 g/mol. The number of hydrogen-bond donors (Lipinski definition) is 0. The van der Waals surface area contributed by atoms with Gasteiger partial charge in [0.2, 0.25) is 0 Å². The van der Waals surface area contributed by atoms with Gasteiger partial charge in [-0.25, -0.2) is 9.00 Å². The summed E-state index contributed by atoms with van der Waals surface area (Å²) in [6.07, 6.45) is 0.832. The minimum absolute atomic E-state index is 0.223. The van der Waals surface area contributed by atoms with Crippen molar-refractivity contribution in [2.45, 2.75) is 6.42 Å². The van der Waals surface area contributed by atoms with Gasteiger partial charge in [0.1, 0.15) is 11.0 Å². The third-order valence-electron chi connectivity index (χ3n) is 2.64. The van der Waals surface area contributed by atoms with Crippen LogP contribution in [-0.4, -0.2) is 29.6 Å². The Morgan fingerprint density at radius 3 is 2.67 bits per heavy atom. The van der Waals surface area contributed by atoms with Gasteiger partial charge < -0.3 is 4.74 Å². The number of hydrogen-bond acceptors (Lipinski definition) is 3. The maximum absolute atomic E-state index is 11.8. The van der Waals surface area contributed by atoms with Gasteiger partial charge in [-0.1, -0.05) is 23.2 Å². The van der Waals surface area contributed by atoms with Crippen molar-refractivity contribution < 1.29 is 13.7 Å². The molecule has 1 saturated heterocycles. The predicted octanol–water partition coefficient (Wildman–Crippen LogP) is 2.65. The molecule has 0 spiro atoms. The topological polar surface area (TPSA) is 46.6 Å². The summed E-state index contributed by atoms with van der Waals surface area (Å²) in [7, 11) is 0.180. The number of ether oxygens (including phenoxy) is 1. The van der Waals surface area contributed by atoms with E-state index in [2.05, 4.69) is 4.74 Å². The first-order valence-electron chi connectivity index (χ1n) is 5.28. The number of carbonyl (C=O) groups is 1. The summed E-state index contributed by atoms with van der Waals surface area (Å²) in [6, 6.07) is 3.00. The summed E-state index contributed by atoms with van der Waals surface area (Å²) in [6.45, 7) is 0.647. The van der Waals surface area contributed by atoms with Gasteiger partial charge in [0, 0.05) is 12.3 Å². The van der Waals surface area contributed by atoms with Gasteiger partial charge in [0.15, 0.2) is 0 Å². The quantitative estimate of drug-likeness (QED) is 0.789. The summed E-state index contributed by atoms with van der Waals surface area (Å²) in [5.41, 5.74) is 0.778. The molecule has 98 valence electrons. The van der Waals surface area contributed by atoms with Crippen molar-refractivity contribution in [1.29, 1.82) is 0 Å². The van der Waals surface area contributed by atoms with Gasteiger partial charge in [-0.2, -0.15) is 0 Å². The number of methoxy groups -OCH3 is 1. The fourth-order valence-electron chi connectivity index (χ4n) is 1.77. The third kappa shape index (κ3) is 2.48. The first-order valence-corrected chi connectivity index (χ1v) is 7.31. The predicted molar refractivity (Wildman–Crippen MR) is 72.8 cm³/mol. The Morgan fingerprint density at radius 2 is 2.11 bits per heavy atom. The van der Waals surface area contributed by atoms with E-state index in [1.54, 1.807) is 4.31 Å². The van der Waals surface area contributed by atoms with Crippen LogP contribution in [0.3, 0.4) is 0 Å². The average molecular weight is 308 g/mol. The van der Waals surface area contributed by atoms with Crippen molar-refractivity contribution in [2.75, 3.05) is 23.7 Å². The van der Waals surface area contributed by atoms with Crippen LogP contribution in [0.1, 0.15) is 16.8 Å². The molecular formula is C11H11Cl2NO3S. The molecule has 0 radical (unpaired) electrons. The average Bonchev–Trinajstić information content (AvgIpc) is 2.75. The summed E-state index contributed by atoms with van der Waals surface area (Å²) < 4.78 is 18.1. The summed E-state index contributed by atoms with van der Waals surface area (Å²) in [5, 5.41) is 0.600. The van der Waals surface area contributed by atoms with Gasteiger partial charge in [0.25, 0.3) is 0 Å². The first kappa shape index (κ1) is 13.6. The normalized spacial score (nSPS) is 19.1. The Labute approximate surface area is 117 Å². The van der Waals surface area contributed by atoms with E-state index in [0.717, 1.165) is 6.42 Å². The molecule has 7 heteroatoms. The van der Waals surface area contributed by atoms with Crippen molar-refractivity contribution >= 4 is 45.8 Å². The molecule has 0 aromatic heterocycles. The molecule has 1 fully saturated rings. The minimum Gasteiger partial charge on any atom is -0.465 e. The van der Waals surface area contributed by atoms with E-state index in [9.17, 15) is 9.00 Å². The van der Waals surface area contributed by atoms with E-state index in [4.69, 9.17) is 23.2 Å². The lowest BCUT2D eigenvalue weighted by molar-refractivity contribution is 0.0601. The second-order valence-corrected chi connectivity index (χ2v) is 6.06. The van der Waals surface area contributed by atoms with E-state index >= 15 is 0 Å². The van der Waals surface area contributed by atoms with Crippen LogP contribution in [0.15, 0.2) is 12.1 Å². The SMILES string of the molecule is COC(=O)c1cc(N2CCCS2=O)c(Cl)cc1Cl. The fourth-order valence-corrected chi connectivity index (χ4v) is 3.68. The van der Waals surface area contributed by atoms with E-state index in [1.807, 2.05) is 0 Å². The van der Waals surface area contributed by atoms with Crippen LogP contribution >= 0.6 is 23.2 Å². The molecule has 2 rings (SSSR count). The maximum Gasteiger partial charge on any atom is 0.339 e. The lowest BCUT2D eigenvalue weighted by Gasteiger charge is -2.18. The Balaban J connectivity index is 2.47. The van der Waals surface area contributed by atoms with Crippen LogP contribution in [0.4, 0.5) is 5.69 Å². The van der Waals surface area contributed by atoms with Crippen molar-refractivity contribution in [2.24, 2.45) is 0 Å². The van der Waals surface area contributed by atoms with E-state index in [-0.39, 0.29) is 10.6 Å². The van der Waals surface area contributed by atoms with E-state index in [0.29, 0.717) is 23.0 Å². The largest absolute Gasteiger partial charge is 0.465 e. The standard InChI is InChI=1S/C11H11Cl2NO3S/c1-17-11(15)7-5-10(9(13)6-8(7)12)14-3-2-4-18(14)16/h5-6H,2-4H2,1H3. The van der Waals surface area contributed by atoms with Crippen molar-refractivity contribution in [1.82, 2.24) is 0 Å². The van der Waals surface area contributed by atoms with Crippen LogP contribution < -0.4 is 4.31 Å².